The minimum Gasteiger partial charge on any atom is -0.312 e. The molecule has 8 nitrogen and oxygen atoms in total. The van der Waals surface area contributed by atoms with Gasteiger partial charge in [0.15, 0.2) is 9.84 Å². The van der Waals surface area contributed by atoms with E-state index in [0.717, 1.165) is 5.56 Å². The van der Waals surface area contributed by atoms with Gasteiger partial charge in [0.1, 0.15) is 5.25 Å². The lowest BCUT2D eigenvalue weighted by Crippen LogP contribution is -2.32. The lowest BCUT2D eigenvalue weighted by Gasteiger charge is -2.19. The van der Waals surface area contributed by atoms with Gasteiger partial charge in [-0.05, 0) is 53.9 Å². The number of aromatic nitrogens is 1. The SMILES string of the molecule is CC(=O)N1CCc2cc(S(=O)(=O)NCC(c3cccnc3)S(=O)(=O)c3ccccc3)ccc21. The highest BCUT2D eigenvalue weighted by Gasteiger charge is 2.31. The number of fused-ring (bicyclic) bond motifs is 1. The summed E-state index contributed by atoms with van der Waals surface area (Å²) in [6.07, 6.45) is 3.50. The summed E-state index contributed by atoms with van der Waals surface area (Å²) < 4.78 is 55.2. The molecule has 2 aromatic carbocycles. The van der Waals surface area contributed by atoms with Crippen molar-refractivity contribution in [3.8, 4) is 0 Å². The van der Waals surface area contributed by atoms with Crippen LogP contribution in [0.25, 0.3) is 0 Å². The van der Waals surface area contributed by atoms with Crippen LogP contribution in [0.4, 0.5) is 5.69 Å². The molecule has 0 radical (unpaired) electrons. The number of benzene rings is 2. The molecule has 1 aliphatic rings. The fourth-order valence-electron chi connectivity index (χ4n) is 3.89. The number of carbonyl (C=O) groups excluding carboxylic acids is 1. The van der Waals surface area contributed by atoms with Crippen LogP contribution in [0, 0.1) is 0 Å². The van der Waals surface area contributed by atoms with E-state index in [-0.39, 0.29) is 22.2 Å². The number of anilines is 1. The molecule has 0 saturated carbocycles. The lowest BCUT2D eigenvalue weighted by molar-refractivity contribution is -0.116. The Morgan fingerprint density at radius 1 is 1.03 bits per heavy atom. The third kappa shape index (κ3) is 4.68. The molecule has 1 aliphatic heterocycles. The van der Waals surface area contributed by atoms with Crippen LogP contribution in [0.1, 0.15) is 23.3 Å². The third-order valence-electron chi connectivity index (χ3n) is 5.60. The van der Waals surface area contributed by atoms with Crippen molar-refractivity contribution in [2.75, 3.05) is 18.0 Å². The van der Waals surface area contributed by atoms with Gasteiger partial charge in [0.05, 0.1) is 9.79 Å². The Labute approximate surface area is 193 Å². The van der Waals surface area contributed by atoms with Crippen LogP contribution < -0.4 is 9.62 Å². The minimum absolute atomic E-state index is 0.0219. The maximum absolute atomic E-state index is 13.3. The molecule has 0 spiro atoms. The Hall–Kier alpha value is -3.08. The maximum atomic E-state index is 13.3. The van der Waals surface area contributed by atoms with Crippen molar-refractivity contribution < 1.29 is 21.6 Å². The molecule has 0 fully saturated rings. The van der Waals surface area contributed by atoms with Crippen molar-refractivity contribution >= 4 is 31.5 Å². The van der Waals surface area contributed by atoms with E-state index in [1.807, 2.05) is 0 Å². The average Bonchev–Trinajstić information content (AvgIpc) is 3.24. The molecule has 0 aliphatic carbocycles. The van der Waals surface area contributed by atoms with Crippen LogP contribution in [0.5, 0.6) is 0 Å². The van der Waals surface area contributed by atoms with E-state index in [2.05, 4.69) is 9.71 Å². The van der Waals surface area contributed by atoms with Crippen LogP contribution in [-0.4, -0.2) is 40.8 Å². The fourth-order valence-corrected chi connectivity index (χ4v) is 6.76. The molecule has 33 heavy (non-hydrogen) atoms. The molecular weight excluding hydrogens is 462 g/mol. The molecule has 3 aromatic rings. The summed E-state index contributed by atoms with van der Waals surface area (Å²) in [5, 5.41) is -1.16. The summed E-state index contributed by atoms with van der Waals surface area (Å²) in [5.74, 6) is -0.104. The Morgan fingerprint density at radius 3 is 2.45 bits per heavy atom. The Kier molecular flexibility index (Phi) is 6.33. The quantitative estimate of drug-likeness (QED) is 0.550. The fraction of sp³-hybridized carbons (Fsp3) is 0.217. The summed E-state index contributed by atoms with van der Waals surface area (Å²) in [4.78, 5) is 17.5. The summed E-state index contributed by atoms with van der Waals surface area (Å²) in [5.41, 5.74) is 1.84. The number of nitrogens with zero attached hydrogens (tertiary/aromatic N) is 2. The van der Waals surface area contributed by atoms with Gasteiger partial charge >= 0.3 is 0 Å². The van der Waals surface area contributed by atoms with Crippen molar-refractivity contribution in [2.45, 2.75) is 28.4 Å². The number of sulfone groups is 1. The highest BCUT2D eigenvalue weighted by Crippen LogP contribution is 2.31. The second-order valence-corrected chi connectivity index (χ2v) is 11.6. The minimum atomic E-state index is -4.00. The molecule has 2 heterocycles. The predicted molar refractivity (Wildman–Crippen MR) is 124 cm³/mol. The van der Waals surface area contributed by atoms with Gasteiger partial charge in [0, 0.05) is 38.1 Å². The molecule has 172 valence electrons. The number of carbonyl (C=O) groups is 1. The van der Waals surface area contributed by atoms with Crippen LogP contribution in [0.15, 0.2) is 82.8 Å². The number of amides is 1. The molecule has 1 amide bonds. The Balaban J connectivity index is 1.63. The first-order valence-corrected chi connectivity index (χ1v) is 13.3. The van der Waals surface area contributed by atoms with Crippen molar-refractivity contribution in [3.63, 3.8) is 0 Å². The number of hydrogen-bond donors (Lipinski definition) is 1. The second kappa shape index (κ2) is 9.05. The zero-order valence-electron chi connectivity index (χ0n) is 17.9. The summed E-state index contributed by atoms with van der Waals surface area (Å²) in [6, 6.07) is 15.7. The van der Waals surface area contributed by atoms with Crippen molar-refractivity contribution in [2.24, 2.45) is 0 Å². The third-order valence-corrected chi connectivity index (χ3v) is 9.14. The van der Waals surface area contributed by atoms with E-state index in [1.54, 1.807) is 41.3 Å². The monoisotopic (exact) mass is 485 g/mol. The van der Waals surface area contributed by atoms with E-state index in [9.17, 15) is 21.6 Å². The highest BCUT2D eigenvalue weighted by molar-refractivity contribution is 7.92. The van der Waals surface area contributed by atoms with Crippen molar-refractivity contribution in [1.82, 2.24) is 9.71 Å². The Bertz CT molecular complexity index is 1380. The number of pyridine rings is 1. The van der Waals surface area contributed by atoms with Gasteiger partial charge in [-0.15, -0.1) is 0 Å². The van der Waals surface area contributed by atoms with Gasteiger partial charge in [0.2, 0.25) is 15.9 Å². The zero-order valence-corrected chi connectivity index (χ0v) is 19.5. The predicted octanol–water partition coefficient (Wildman–Crippen LogP) is 2.48. The maximum Gasteiger partial charge on any atom is 0.240 e. The summed E-state index contributed by atoms with van der Waals surface area (Å²) in [6.45, 7) is 1.61. The van der Waals surface area contributed by atoms with Crippen molar-refractivity contribution in [1.29, 1.82) is 0 Å². The first-order chi connectivity index (χ1) is 15.7. The number of hydrogen-bond acceptors (Lipinski definition) is 6. The smallest absolute Gasteiger partial charge is 0.240 e. The van der Waals surface area contributed by atoms with E-state index >= 15 is 0 Å². The van der Waals surface area contributed by atoms with Gasteiger partial charge in [-0.3, -0.25) is 9.78 Å². The van der Waals surface area contributed by atoms with Crippen LogP contribution in [0.2, 0.25) is 0 Å². The van der Waals surface area contributed by atoms with Gasteiger partial charge in [-0.25, -0.2) is 21.6 Å². The van der Waals surface area contributed by atoms with E-state index in [1.165, 1.54) is 43.6 Å². The van der Waals surface area contributed by atoms with Crippen molar-refractivity contribution in [3.05, 3.63) is 84.2 Å². The lowest BCUT2D eigenvalue weighted by atomic mass is 10.2. The molecule has 0 saturated heterocycles. The standard InChI is InChI=1S/C23H23N3O5S2/c1-17(27)26-13-11-18-14-21(9-10-22(18)26)33(30,31)25-16-23(19-6-5-12-24-15-19)32(28,29)20-7-3-2-4-8-20/h2-10,12,14-15,23,25H,11,13,16H2,1H3. The van der Waals surface area contributed by atoms with E-state index in [4.69, 9.17) is 0 Å². The second-order valence-electron chi connectivity index (χ2n) is 7.70. The zero-order chi connectivity index (χ0) is 23.6. The van der Waals surface area contributed by atoms with E-state index < -0.39 is 25.1 Å². The van der Waals surface area contributed by atoms with Gasteiger partial charge in [0.25, 0.3) is 0 Å². The highest BCUT2D eigenvalue weighted by atomic mass is 32.2. The molecule has 4 rings (SSSR count). The number of sulfonamides is 1. The Morgan fingerprint density at radius 2 is 1.79 bits per heavy atom. The number of nitrogens with one attached hydrogen (secondary N) is 1. The summed E-state index contributed by atoms with van der Waals surface area (Å²) in [7, 11) is -7.90. The molecule has 10 heteroatoms. The van der Waals surface area contributed by atoms with Gasteiger partial charge in [-0.1, -0.05) is 24.3 Å². The normalized spacial score (nSPS) is 14.6. The topological polar surface area (TPSA) is 114 Å². The van der Waals surface area contributed by atoms with Crippen LogP contribution in [0.3, 0.4) is 0 Å². The molecular formula is C23H23N3O5S2. The molecule has 1 unspecified atom stereocenters. The molecule has 0 bridgehead atoms. The van der Waals surface area contributed by atoms with Gasteiger partial charge < -0.3 is 4.90 Å². The first-order valence-electron chi connectivity index (χ1n) is 10.3. The largest absolute Gasteiger partial charge is 0.312 e. The number of rotatable bonds is 7. The molecule has 1 N–H and O–H groups in total. The summed E-state index contributed by atoms with van der Waals surface area (Å²) >= 11 is 0. The van der Waals surface area contributed by atoms with Gasteiger partial charge in [-0.2, -0.15) is 0 Å². The van der Waals surface area contributed by atoms with Crippen LogP contribution >= 0.6 is 0 Å². The van der Waals surface area contributed by atoms with E-state index in [0.29, 0.717) is 24.2 Å². The first kappa shape index (κ1) is 23.1. The molecule has 1 atom stereocenters. The molecule has 1 aromatic heterocycles. The van der Waals surface area contributed by atoms with Crippen LogP contribution in [-0.2, 0) is 31.1 Å². The average molecular weight is 486 g/mol.